The first-order chi connectivity index (χ1) is 8.56. The van der Waals surface area contributed by atoms with E-state index in [4.69, 9.17) is 22.1 Å². The standard InChI is InChI=1S/C13H10BrClFNO/c14-11-5-9(17)2-1-8(11)7-18-10-3-4-13(16)12(15)6-10/h1-6H,7,17H2. The molecule has 2 nitrogen and oxygen atoms in total. The number of nitrogen functional groups attached to an aromatic ring is 1. The maximum absolute atomic E-state index is 13.0. The molecule has 0 fully saturated rings. The van der Waals surface area contributed by atoms with E-state index in [2.05, 4.69) is 15.9 Å². The Morgan fingerprint density at radius 1 is 1.22 bits per heavy atom. The Morgan fingerprint density at radius 3 is 2.67 bits per heavy atom. The molecule has 0 aliphatic heterocycles. The van der Waals surface area contributed by atoms with E-state index >= 15 is 0 Å². The van der Waals surface area contributed by atoms with Crippen molar-refractivity contribution in [1.29, 1.82) is 0 Å². The van der Waals surface area contributed by atoms with Gasteiger partial charge in [0.05, 0.1) is 5.02 Å². The van der Waals surface area contributed by atoms with Crippen LogP contribution in [-0.2, 0) is 6.61 Å². The van der Waals surface area contributed by atoms with Crippen LogP contribution >= 0.6 is 27.5 Å². The first kappa shape index (κ1) is 13.2. The van der Waals surface area contributed by atoms with Crippen molar-refractivity contribution in [1.82, 2.24) is 0 Å². The van der Waals surface area contributed by atoms with Crippen LogP contribution < -0.4 is 10.5 Å². The monoisotopic (exact) mass is 329 g/mol. The molecule has 0 atom stereocenters. The predicted molar refractivity (Wildman–Crippen MR) is 74.3 cm³/mol. The maximum Gasteiger partial charge on any atom is 0.142 e. The molecule has 0 spiro atoms. The Kier molecular flexibility index (Phi) is 4.09. The van der Waals surface area contributed by atoms with Crippen LogP contribution in [0.2, 0.25) is 5.02 Å². The Balaban J connectivity index is 2.09. The first-order valence-corrected chi connectivity index (χ1v) is 6.35. The van der Waals surface area contributed by atoms with Gasteiger partial charge in [0.25, 0.3) is 0 Å². The number of benzene rings is 2. The lowest BCUT2D eigenvalue weighted by Gasteiger charge is -2.09. The van der Waals surface area contributed by atoms with Crippen LogP contribution in [0.4, 0.5) is 10.1 Å². The minimum Gasteiger partial charge on any atom is -0.489 e. The number of nitrogens with two attached hydrogens (primary N) is 1. The fourth-order valence-corrected chi connectivity index (χ4v) is 2.09. The summed E-state index contributed by atoms with van der Waals surface area (Å²) in [6.07, 6.45) is 0. The molecular weight excluding hydrogens is 321 g/mol. The van der Waals surface area contributed by atoms with E-state index in [1.807, 2.05) is 6.07 Å². The minimum atomic E-state index is -0.460. The fraction of sp³-hybridized carbons (Fsp3) is 0.0769. The van der Waals surface area contributed by atoms with Crippen LogP contribution in [0.5, 0.6) is 5.75 Å². The van der Waals surface area contributed by atoms with Crippen LogP contribution in [0.25, 0.3) is 0 Å². The molecule has 2 N–H and O–H groups in total. The Labute approximate surface area is 118 Å². The van der Waals surface area contributed by atoms with E-state index in [1.54, 1.807) is 12.1 Å². The van der Waals surface area contributed by atoms with Gasteiger partial charge in [0, 0.05) is 21.8 Å². The molecule has 2 aromatic carbocycles. The van der Waals surface area contributed by atoms with Gasteiger partial charge in [-0.15, -0.1) is 0 Å². The number of halogens is 3. The summed E-state index contributed by atoms with van der Waals surface area (Å²) in [5, 5.41) is 0.0453. The van der Waals surface area contributed by atoms with Crippen molar-refractivity contribution >= 4 is 33.2 Å². The zero-order valence-corrected chi connectivity index (χ0v) is 11.6. The van der Waals surface area contributed by atoms with Gasteiger partial charge in [0.2, 0.25) is 0 Å². The van der Waals surface area contributed by atoms with Crippen LogP contribution in [0.1, 0.15) is 5.56 Å². The molecule has 0 amide bonds. The fourth-order valence-electron chi connectivity index (χ4n) is 1.41. The second kappa shape index (κ2) is 5.59. The van der Waals surface area contributed by atoms with E-state index in [1.165, 1.54) is 18.2 Å². The third-order valence-corrected chi connectivity index (χ3v) is 3.39. The number of hydrogen-bond acceptors (Lipinski definition) is 2. The Bertz CT molecular complexity index is 577. The highest BCUT2D eigenvalue weighted by Gasteiger charge is 2.04. The van der Waals surface area contributed by atoms with E-state index < -0.39 is 5.82 Å². The first-order valence-electron chi connectivity index (χ1n) is 5.18. The highest BCUT2D eigenvalue weighted by molar-refractivity contribution is 9.10. The highest BCUT2D eigenvalue weighted by atomic mass is 79.9. The van der Waals surface area contributed by atoms with Crippen molar-refractivity contribution in [3.8, 4) is 5.75 Å². The molecule has 0 unspecified atom stereocenters. The molecule has 0 bridgehead atoms. The average molecular weight is 331 g/mol. The van der Waals surface area contributed by atoms with Crippen LogP contribution in [0.15, 0.2) is 40.9 Å². The molecule has 0 saturated heterocycles. The van der Waals surface area contributed by atoms with E-state index in [9.17, 15) is 4.39 Å². The lowest BCUT2D eigenvalue weighted by Crippen LogP contribution is -1.97. The van der Waals surface area contributed by atoms with Crippen molar-refractivity contribution in [2.75, 3.05) is 5.73 Å². The zero-order chi connectivity index (χ0) is 13.1. The van der Waals surface area contributed by atoms with Crippen LogP contribution in [0.3, 0.4) is 0 Å². The molecule has 2 aromatic rings. The molecule has 0 radical (unpaired) electrons. The molecule has 94 valence electrons. The van der Waals surface area contributed by atoms with Gasteiger partial charge in [-0.3, -0.25) is 0 Å². The number of anilines is 1. The zero-order valence-electron chi connectivity index (χ0n) is 9.29. The summed E-state index contributed by atoms with van der Waals surface area (Å²) in [5.74, 6) is 0.0582. The van der Waals surface area contributed by atoms with Crippen molar-refractivity contribution in [3.63, 3.8) is 0 Å². The number of ether oxygens (including phenoxy) is 1. The SMILES string of the molecule is Nc1ccc(COc2ccc(F)c(Cl)c2)c(Br)c1. The molecule has 0 aliphatic carbocycles. The second-order valence-electron chi connectivity index (χ2n) is 3.72. The van der Waals surface area contributed by atoms with Crippen molar-refractivity contribution < 1.29 is 9.13 Å². The molecule has 0 aromatic heterocycles. The summed E-state index contributed by atoms with van der Waals surface area (Å²) >= 11 is 9.07. The summed E-state index contributed by atoms with van der Waals surface area (Å²) in [7, 11) is 0. The topological polar surface area (TPSA) is 35.2 Å². The predicted octanol–water partition coefficient (Wildman–Crippen LogP) is 4.40. The van der Waals surface area contributed by atoms with Crippen molar-refractivity contribution in [2.45, 2.75) is 6.61 Å². The van der Waals surface area contributed by atoms with Gasteiger partial charge in [-0.05, 0) is 24.3 Å². The normalized spacial score (nSPS) is 10.4. The third-order valence-electron chi connectivity index (χ3n) is 2.36. The molecule has 18 heavy (non-hydrogen) atoms. The van der Waals surface area contributed by atoms with Crippen LogP contribution in [0, 0.1) is 5.82 Å². The van der Waals surface area contributed by atoms with E-state index in [-0.39, 0.29) is 5.02 Å². The average Bonchev–Trinajstić information content (AvgIpc) is 2.32. The lowest BCUT2D eigenvalue weighted by molar-refractivity contribution is 0.305. The quantitative estimate of drug-likeness (QED) is 0.846. The molecule has 0 heterocycles. The summed E-state index contributed by atoms with van der Waals surface area (Å²) in [6, 6.07) is 9.71. The molecule has 0 saturated carbocycles. The van der Waals surface area contributed by atoms with Gasteiger partial charge in [-0.1, -0.05) is 33.6 Å². The van der Waals surface area contributed by atoms with Gasteiger partial charge in [0.1, 0.15) is 18.2 Å². The number of hydrogen-bond donors (Lipinski definition) is 1. The Morgan fingerprint density at radius 2 is 2.00 bits per heavy atom. The highest BCUT2D eigenvalue weighted by Crippen LogP contribution is 2.24. The summed E-state index contributed by atoms with van der Waals surface area (Å²) < 4.78 is 19.4. The van der Waals surface area contributed by atoms with Crippen molar-refractivity contribution in [2.24, 2.45) is 0 Å². The molecule has 5 heteroatoms. The van der Waals surface area contributed by atoms with Crippen LogP contribution in [-0.4, -0.2) is 0 Å². The van der Waals surface area contributed by atoms with Gasteiger partial charge < -0.3 is 10.5 Å². The van der Waals surface area contributed by atoms with E-state index in [0.29, 0.717) is 18.0 Å². The maximum atomic E-state index is 13.0. The van der Waals surface area contributed by atoms with Gasteiger partial charge in [-0.2, -0.15) is 0 Å². The van der Waals surface area contributed by atoms with Gasteiger partial charge >= 0.3 is 0 Å². The van der Waals surface area contributed by atoms with Gasteiger partial charge in [-0.25, -0.2) is 4.39 Å². The largest absolute Gasteiger partial charge is 0.489 e. The number of rotatable bonds is 3. The summed E-state index contributed by atoms with van der Waals surface area (Å²) in [5.41, 5.74) is 7.27. The molecular formula is C13H10BrClFNO. The summed E-state index contributed by atoms with van der Waals surface area (Å²) in [6.45, 7) is 0.350. The third kappa shape index (κ3) is 3.15. The van der Waals surface area contributed by atoms with Gasteiger partial charge in [0.15, 0.2) is 0 Å². The molecule has 0 aliphatic rings. The molecule has 2 rings (SSSR count). The Hall–Kier alpha value is -1.26. The van der Waals surface area contributed by atoms with Crippen molar-refractivity contribution in [3.05, 3.63) is 57.3 Å². The smallest absolute Gasteiger partial charge is 0.142 e. The van der Waals surface area contributed by atoms with E-state index in [0.717, 1.165) is 10.0 Å². The summed E-state index contributed by atoms with van der Waals surface area (Å²) in [4.78, 5) is 0. The lowest BCUT2D eigenvalue weighted by atomic mass is 10.2. The minimum absolute atomic E-state index is 0.0453. The second-order valence-corrected chi connectivity index (χ2v) is 4.98.